The van der Waals surface area contributed by atoms with Gasteiger partial charge in [0.2, 0.25) is 0 Å². The number of carbonyl (C=O) groups is 3. The van der Waals surface area contributed by atoms with Crippen molar-refractivity contribution in [1.82, 2.24) is 4.90 Å². The van der Waals surface area contributed by atoms with Gasteiger partial charge in [0.15, 0.2) is 0 Å². The number of esters is 1. The maximum atomic E-state index is 11.7. The van der Waals surface area contributed by atoms with Crippen LogP contribution in [-0.4, -0.2) is 35.3 Å². The monoisotopic (exact) mass is 317 g/mol. The average Bonchev–Trinajstić information content (AvgIpc) is 2.69. The summed E-state index contributed by atoms with van der Waals surface area (Å²) in [6.07, 6.45) is 2.83. The van der Waals surface area contributed by atoms with Gasteiger partial charge in [-0.05, 0) is 34.1 Å². The van der Waals surface area contributed by atoms with Gasteiger partial charge in [0, 0.05) is 17.7 Å². The first-order valence-electron chi connectivity index (χ1n) is 6.76. The van der Waals surface area contributed by atoms with Crippen LogP contribution in [0.25, 0.3) is 0 Å². The third-order valence-corrected chi connectivity index (χ3v) is 3.03. The van der Waals surface area contributed by atoms with Crippen LogP contribution in [0.1, 0.15) is 48.0 Å². The van der Waals surface area contributed by atoms with Crippen LogP contribution in [0.2, 0.25) is 0 Å². The van der Waals surface area contributed by atoms with Crippen molar-refractivity contribution in [3.8, 4) is 0 Å². The summed E-state index contributed by atoms with van der Waals surface area (Å²) < 4.78 is 4.73. The molecule has 21 heavy (non-hydrogen) atoms. The van der Waals surface area contributed by atoms with Crippen molar-refractivity contribution >= 4 is 31.3 Å². The number of ether oxygens (including phenoxy) is 1. The fourth-order valence-corrected chi connectivity index (χ4v) is 2.51. The van der Waals surface area contributed by atoms with Crippen LogP contribution < -0.4 is 0 Å². The molecule has 1 heterocycles. The lowest BCUT2D eigenvalue weighted by Gasteiger charge is -2.38. The van der Waals surface area contributed by atoms with E-state index in [1.54, 1.807) is 27.7 Å². The highest BCUT2D eigenvalue weighted by Crippen LogP contribution is 2.34. The molecule has 1 aliphatic heterocycles. The van der Waals surface area contributed by atoms with E-state index < -0.39 is 11.0 Å². The van der Waals surface area contributed by atoms with Crippen molar-refractivity contribution < 1.29 is 19.1 Å². The van der Waals surface area contributed by atoms with Gasteiger partial charge < -0.3 is 4.74 Å². The third-order valence-electron chi connectivity index (χ3n) is 3.03. The Morgan fingerprint density at radius 2 is 1.48 bits per heavy atom. The molecule has 0 aliphatic carbocycles. The van der Waals surface area contributed by atoms with E-state index in [0.717, 1.165) is 0 Å². The normalized spacial score (nSPS) is 14.3. The molecule has 122 valence electrons. The van der Waals surface area contributed by atoms with Crippen molar-refractivity contribution in [2.45, 2.75) is 53.5 Å². The summed E-state index contributed by atoms with van der Waals surface area (Å²) in [6.45, 7) is 11.0. The molecule has 0 bridgehead atoms. The first kappa shape index (κ1) is 22.0. The Labute approximate surface area is 134 Å². The molecule has 1 rings (SSSR count). The molecular formula is C15H27NO4S. The van der Waals surface area contributed by atoms with Gasteiger partial charge in [0.05, 0.1) is 12.5 Å². The average molecular weight is 317 g/mol. The number of nitrogens with zero attached hydrogens (tertiary/aromatic N) is 1. The Bertz CT molecular complexity index is 409. The number of rotatable bonds is 4. The van der Waals surface area contributed by atoms with Crippen molar-refractivity contribution in [3.05, 3.63) is 12.2 Å². The van der Waals surface area contributed by atoms with Gasteiger partial charge in [-0.3, -0.25) is 19.3 Å². The number of hydrogen-bond acceptors (Lipinski definition) is 4. The second kappa shape index (κ2) is 8.22. The van der Waals surface area contributed by atoms with E-state index in [4.69, 9.17) is 4.74 Å². The van der Waals surface area contributed by atoms with Crippen molar-refractivity contribution in [1.29, 1.82) is 0 Å². The second-order valence-corrected chi connectivity index (χ2v) is 5.71. The Kier molecular flexibility index (Phi) is 8.60. The smallest absolute Gasteiger partial charge is 0.311 e. The number of imide groups is 1. The van der Waals surface area contributed by atoms with Crippen LogP contribution >= 0.6 is 13.5 Å². The zero-order chi connectivity index (χ0) is 16.1. The zero-order valence-corrected chi connectivity index (χ0v) is 14.9. The summed E-state index contributed by atoms with van der Waals surface area (Å²) in [7, 11) is 1.32. The van der Waals surface area contributed by atoms with Gasteiger partial charge in [0.25, 0.3) is 11.8 Å². The maximum absolute atomic E-state index is 11.7. The molecule has 0 saturated heterocycles. The highest BCUT2D eigenvalue weighted by Gasteiger charge is 2.43. The fraction of sp³-hybridized carbons (Fsp3) is 0.667. The number of methoxy groups -OCH3 is 1. The molecule has 1 aliphatic rings. The molecule has 6 heteroatoms. The molecule has 0 fully saturated rings. The number of hydrogen-bond donors (Lipinski definition) is 0. The van der Waals surface area contributed by atoms with Crippen molar-refractivity contribution in [2.24, 2.45) is 5.41 Å². The van der Waals surface area contributed by atoms with Gasteiger partial charge in [-0.2, -0.15) is 13.5 Å². The highest BCUT2D eigenvalue weighted by molar-refractivity contribution is 7.59. The Hall–Kier alpha value is -1.30. The van der Waals surface area contributed by atoms with Crippen LogP contribution in [0.3, 0.4) is 0 Å². The summed E-state index contributed by atoms with van der Waals surface area (Å²) in [5.74, 6) is -1.04. The minimum atomic E-state index is -0.762. The standard InChI is InChI=1S/C13H19NO4.C2H6.H2S/c1-12(2,11(17)18-5)8-13(3,4)14-9(15)6-7-10(14)16;1-2;/h6-7H,8H2,1-5H3;1-2H3;1H2. The van der Waals surface area contributed by atoms with E-state index in [-0.39, 0.29) is 31.3 Å². The van der Waals surface area contributed by atoms with Crippen LogP contribution in [0, 0.1) is 5.41 Å². The second-order valence-electron chi connectivity index (χ2n) is 5.71. The highest BCUT2D eigenvalue weighted by atomic mass is 32.1. The fourth-order valence-electron chi connectivity index (χ4n) is 2.51. The van der Waals surface area contributed by atoms with E-state index in [9.17, 15) is 14.4 Å². The van der Waals surface area contributed by atoms with Crippen molar-refractivity contribution in [2.75, 3.05) is 7.11 Å². The quantitative estimate of drug-likeness (QED) is 0.590. The Morgan fingerprint density at radius 3 is 1.81 bits per heavy atom. The van der Waals surface area contributed by atoms with Gasteiger partial charge in [-0.1, -0.05) is 13.8 Å². The van der Waals surface area contributed by atoms with E-state index >= 15 is 0 Å². The molecule has 0 aromatic carbocycles. The first-order chi connectivity index (χ1) is 9.12. The predicted octanol–water partition coefficient (Wildman–Crippen LogP) is 2.42. The molecule has 0 aromatic rings. The van der Waals surface area contributed by atoms with Crippen LogP contribution in [-0.2, 0) is 19.1 Å². The lowest BCUT2D eigenvalue weighted by atomic mass is 9.79. The Morgan fingerprint density at radius 1 is 1.10 bits per heavy atom. The summed E-state index contributed by atoms with van der Waals surface area (Å²) in [6, 6.07) is 0. The van der Waals surface area contributed by atoms with Crippen LogP contribution in [0.5, 0.6) is 0 Å². The molecule has 0 unspecified atom stereocenters. The summed E-state index contributed by atoms with van der Waals surface area (Å²) in [4.78, 5) is 36.2. The summed E-state index contributed by atoms with van der Waals surface area (Å²) in [5, 5.41) is 0. The predicted molar refractivity (Wildman–Crippen MR) is 87.2 cm³/mol. The first-order valence-corrected chi connectivity index (χ1v) is 6.76. The SMILES string of the molecule is CC.COC(=O)C(C)(C)CC(C)(C)N1C(=O)C=CC1=O.S. The lowest BCUT2D eigenvalue weighted by Crippen LogP contribution is -2.51. The molecule has 0 N–H and O–H groups in total. The minimum absolute atomic E-state index is 0. The Balaban J connectivity index is 0. The van der Waals surface area contributed by atoms with Crippen molar-refractivity contribution in [3.63, 3.8) is 0 Å². The van der Waals surface area contributed by atoms with E-state index in [1.807, 2.05) is 13.8 Å². The molecule has 0 saturated carbocycles. The molecule has 5 nitrogen and oxygen atoms in total. The van der Waals surface area contributed by atoms with Gasteiger partial charge >= 0.3 is 5.97 Å². The molecular weight excluding hydrogens is 290 g/mol. The lowest BCUT2D eigenvalue weighted by molar-refractivity contribution is -0.156. The van der Waals surface area contributed by atoms with Crippen LogP contribution in [0.4, 0.5) is 0 Å². The maximum Gasteiger partial charge on any atom is 0.311 e. The molecule has 0 spiro atoms. The van der Waals surface area contributed by atoms with Crippen LogP contribution in [0.15, 0.2) is 12.2 Å². The molecule has 0 atom stereocenters. The van der Waals surface area contributed by atoms with E-state index in [1.165, 1.54) is 24.2 Å². The topological polar surface area (TPSA) is 63.7 Å². The zero-order valence-electron chi connectivity index (χ0n) is 13.9. The largest absolute Gasteiger partial charge is 0.469 e. The van der Waals surface area contributed by atoms with E-state index in [0.29, 0.717) is 6.42 Å². The number of carbonyl (C=O) groups excluding carboxylic acids is 3. The van der Waals surface area contributed by atoms with E-state index in [2.05, 4.69) is 0 Å². The molecule has 2 amide bonds. The summed E-state index contributed by atoms with van der Waals surface area (Å²) >= 11 is 0. The minimum Gasteiger partial charge on any atom is -0.469 e. The third kappa shape index (κ3) is 5.19. The van der Waals surface area contributed by atoms with Gasteiger partial charge in [-0.25, -0.2) is 0 Å². The number of amides is 2. The molecule has 0 radical (unpaired) electrons. The summed E-state index contributed by atoms with van der Waals surface area (Å²) in [5.41, 5.74) is -1.50. The van der Waals surface area contributed by atoms with Gasteiger partial charge in [-0.15, -0.1) is 0 Å². The van der Waals surface area contributed by atoms with Gasteiger partial charge in [0.1, 0.15) is 0 Å². The molecule has 0 aromatic heterocycles.